The summed E-state index contributed by atoms with van der Waals surface area (Å²) < 4.78 is 73.3. The van der Waals surface area contributed by atoms with Gasteiger partial charge in [-0.15, -0.1) is 0 Å². The van der Waals surface area contributed by atoms with E-state index in [0.717, 1.165) is 0 Å². The van der Waals surface area contributed by atoms with E-state index in [2.05, 4.69) is 26.8 Å². The van der Waals surface area contributed by atoms with Crippen molar-refractivity contribution in [2.45, 2.75) is 33.1 Å². The Morgan fingerprint density at radius 3 is 1.54 bits per heavy atom. The van der Waals surface area contributed by atoms with Crippen LogP contribution in [0, 0.1) is 17.3 Å². The number of nitrogens with zero attached hydrogens (tertiary/aromatic N) is 3. The number of aromatic nitrogens is 3. The van der Waals surface area contributed by atoms with Gasteiger partial charge in [0.15, 0.2) is 0 Å². The number of nitrogens with one attached hydrogen (secondary N) is 2. The highest BCUT2D eigenvalue weighted by atomic mass is 19.4. The molecule has 24 heavy (non-hydrogen) atoms. The molecule has 0 aliphatic carbocycles. The molecule has 0 spiro atoms. The molecule has 0 bridgehead atoms. The van der Waals surface area contributed by atoms with E-state index < -0.39 is 42.8 Å². The van der Waals surface area contributed by atoms with Crippen molar-refractivity contribution in [2.75, 3.05) is 23.7 Å². The van der Waals surface area contributed by atoms with Crippen molar-refractivity contribution >= 4 is 11.9 Å². The van der Waals surface area contributed by atoms with Crippen molar-refractivity contribution in [3.63, 3.8) is 0 Å². The Bertz CT molecular complexity index is 585. The molecule has 134 valence electrons. The summed E-state index contributed by atoms with van der Waals surface area (Å²) in [5.41, 5.74) is -0.453. The lowest BCUT2D eigenvalue weighted by Gasteiger charge is -2.11. The Morgan fingerprint density at radius 1 is 0.792 bits per heavy atom. The highest BCUT2D eigenvalue weighted by Gasteiger charge is 2.28. The van der Waals surface area contributed by atoms with Gasteiger partial charge >= 0.3 is 12.4 Å². The van der Waals surface area contributed by atoms with Gasteiger partial charge in [-0.25, -0.2) is 0 Å². The molecule has 0 aromatic carbocycles. The predicted molar refractivity (Wildman–Crippen MR) is 75.2 cm³/mol. The van der Waals surface area contributed by atoms with E-state index in [1.807, 2.05) is 10.6 Å². The molecule has 0 fully saturated rings. The molecule has 1 aromatic heterocycles. The monoisotopic (exact) mass is 355 g/mol. The zero-order valence-electron chi connectivity index (χ0n) is 13.0. The van der Waals surface area contributed by atoms with E-state index >= 15 is 0 Å². The molecule has 0 aliphatic heterocycles. The van der Waals surface area contributed by atoms with Crippen LogP contribution >= 0.6 is 0 Å². The number of hydrogen-bond acceptors (Lipinski definition) is 5. The minimum absolute atomic E-state index is 0.241. The van der Waals surface area contributed by atoms with Gasteiger partial charge in [-0.1, -0.05) is 5.92 Å². The first kappa shape index (κ1) is 19.8. The number of anilines is 2. The van der Waals surface area contributed by atoms with Gasteiger partial charge in [0.2, 0.25) is 17.7 Å². The van der Waals surface area contributed by atoms with Gasteiger partial charge in [-0.05, 0) is 26.7 Å². The number of hydrogen-bond donors (Lipinski definition) is 2. The van der Waals surface area contributed by atoms with Crippen molar-refractivity contribution in [1.29, 1.82) is 0 Å². The predicted octanol–water partition coefficient (Wildman–Crippen LogP) is 3.22. The first-order chi connectivity index (χ1) is 10.7. The van der Waals surface area contributed by atoms with Crippen molar-refractivity contribution in [2.24, 2.45) is 5.41 Å². The first-order valence-corrected chi connectivity index (χ1v) is 6.64. The molecule has 0 unspecified atom stereocenters. The van der Waals surface area contributed by atoms with Crippen LogP contribution in [-0.2, 0) is 0 Å². The van der Waals surface area contributed by atoms with E-state index in [4.69, 9.17) is 0 Å². The van der Waals surface area contributed by atoms with Crippen molar-refractivity contribution in [3.05, 3.63) is 5.82 Å². The van der Waals surface area contributed by atoms with Crippen LogP contribution in [0.15, 0.2) is 0 Å². The summed E-state index contributed by atoms with van der Waals surface area (Å²) in [6.07, 6.45) is -9.08. The molecule has 1 rings (SSSR count). The molecule has 0 atom stereocenters. The van der Waals surface area contributed by atoms with Crippen LogP contribution in [0.1, 0.15) is 26.6 Å². The van der Waals surface area contributed by atoms with Crippen molar-refractivity contribution < 1.29 is 26.3 Å². The molecule has 11 heteroatoms. The maximum atomic E-state index is 12.2. The molecule has 0 amide bonds. The Labute approximate surface area is 134 Å². The molecule has 1 heterocycles. The molecular formula is C13H15F6N5. The van der Waals surface area contributed by atoms with Crippen LogP contribution in [0.4, 0.5) is 38.2 Å². The fraction of sp³-hybridized carbons (Fsp3) is 0.615. The van der Waals surface area contributed by atoms with Gasteiger partial charge in [-0.2, -0.15) is 41.3 Å². The fourth-order valence-electron chi connectivity index (χ4n) is 1.19. The zero-order valence-corrected chi connectivity index (χ0v) is 13.0. The van der Waals surface area contributed by atoms with Gasteiger partial charge in [0, 0.05) is 5.41 Å². The number of halogens is 6. The van der Waals surface area contributed by atoms with E-state index in [9.17, 15) is 26.3 Å². The van der Waals surface area contributed by atoms with Crippen LogP contribution < -0.4 is 10.6 Å². The van der Waals surface area contributed by atoms with Crippen molar-refractivity contribution in [1.82, 2.24) is 15.0 Å². The lowest BCUT2D eigenvalue weighted by Crippen LogP contribution is -2.25. The van der Waals surface area contributed by atoms with Gasteiger partial charge < -0.3 is 10.6 Å². The highest BCUT2D eigenvalue weighted by molar-refractivity contribution is 5.39. The third-order valence-electron chi connectivity index (χ3n) is 2.08. The SMILES string of the molecule is CC(C)(C)C#Cc1nc(NCC(F)(F)F)nc(NCC(F)(F)F)n1. The third-order valence-corrected chi connectivity index (χ3v) is 2.08. The topological polar surface area (TPSA) is 62.7 Å². The zero-order chi connectivity index (χ0) is 18.6. The van der Waals surface area contributed by atoms with Crippen LogP contribution in [0.5, 0.6) is 0 Å². The van der Waals surface area contributed by atoms with Gasteiger partial charge in [0.25, 0.3) is 0 Å². The normalized spacial score (nSPS) is 12.4. The molecule has 1 aromatic rings. The summed E-state index contributed by atoms with van der Waals surface area (Å²) in [5, 5.41) is 3.77. The lowest BCUT2D eigenvalue weighted by molar-refractivity contribution is -0.115. The summed E-state index contributed by atoms with van der Waals surface area (Å²) in [4.78, 5) is 10.8. The molecule has 5 nitrogen and oxygen atoms in total. The largest absolute Gasteiger partial charge is 0.405 e. The Kier molecular flexibility index (Phi) is 5.86. The number of rotatable bonds is 4. The van der Waals surface area contributed by atoms with Crippen molar-refractivity contribution in [3.8, 4) is 11.8 Å². The maximum absolute atomic E-state index is 12.2. The Balaban J connectivity index is 3.06. The average Bonchev–Trinajstić information content (AvgIpc) is 2.38. The second-order valence-corrected chi connectivity index (χ2v) is 5.74. The molecule has 2 N–H and O–H groups in total. The smallest absolute Gasteiger partial charge is 0.345 e. The van der Waals surface area contributed by atoms with E-state index in [1.54, 1.807) is 20.8 Å². The summed E-state index contributed by atoms with van der Waals surface area (Å²) >= 11 is 0. The third kappa shape index (κ3) is 9.02. The van der Waals surface area contributed by atoms with E-state index in [1.165, 1.54) is 0 Å². The first-order valence-electron chi connectivity index (χ1n) is 6.64. The van der Waals surface area contributed by atoms with Gasteiger partial charge in [0.1, 0.15) is 13.1 Å². The average molecular weight is 355 g/mol. The van der Waals surface area contributed by atoms with Crippen LogP contribution in [0.2, 0.25) is 0 Å². The van der Waals surface area contributed by atoms with Crippen LogP contribution in [0.25, 0.3) is 0 Å². The maximum Gasteiger partial charge on any atom is 0.405 e. The van der Waals surface area contributed by atoms with Gasteiger partial charge in [0.05, 0.1) is 0 Å². The standard InChI is InChI=1S/C13H15F6N5/c1-11(2,3)5-4-8-22-9(20-6-12(14,15)16)24-10(23-8)21-7-13(17,18)19/h6-7H2,1-3H3,(H2,20,21,22,23,24). The lowest BCUT2D eigenvalue weighted by atomic mass is 9.98. The Morgan fingerprint density at radius 2 is 1.21 bits per heavy atom. The van der Waals surface area contributed by atoms with E-state index in [-0.39, 0.29) is 5.82 Å². The minimum atomic E-state index is -4.54. The second kappa shape index (κ2) is 7.11. The molecule has 0 radical (unpaired) electrons. The number of alkyl halides is 6. The van der Waals surface area contributed by atoms with Crippen LogP contribution in [0.3, 0.4) is 0 Å². The van der Waals surface area contributed by atoms with E-state index in [0.29, 0.717) is 0 Å². The molecule has 0 aliphatic rings. The molecule has 0 saturated heterocycles. The summed E-state index contributed by atoms with van der Waals surface area (Å²) in [7, 11) is 0. The highest BCUT2D eigenvalue weighted by Crippen LogP contribution is 2.17. The fourth-order valence-corrected chi connectivity index (χ4v) is 1.19. The quantitative estimate of drug-likeness (QED) is 0.641. The summed E-state index contributed by atoms with van der Waals surface area (Å²) in [5.74, 6) is 3.95. The van der Waals surface area contributed by atoms with Crippen LogP contribution in [-0.4, -0.2) is 40.4 Å². The summed E-state index contributed by atoms with van der Waals surface area (Å²) in [6, 6.07) is 0. The second-order valence-electron chi connectivity index (χ2n) is 5.74. The summed E-state index contributed by atoms with van der Waals surface area (Å²) in [6.45, 7) is 2.43. The van der Waals surface area contributed by atoms with Gasteiger partial charge in [-0.3, -0.25) is 0 Å². The molecular weight excluding hydrogens is 340 g/mol. The minimum Gasteiger partial charge on any atom is -0.345 e. The molecule has 0 saturated carbocycles. The Hall–Kier alpha value is -2.25.